The number of carbonyl (C=O) groups is 1. The van der Waals surface area contributed by atoms with Gasteiger partial charge >= 0.3 is 0 Å². The summed E-state index contributed by atoms with van der Waals surface area (Å²) in [6.45, 7) is 5.48. The third-order valence-corrected chi connectivity index (χ3v) is 5.73. The Morgan fingerprint density at radius 3 is 2.59 bits per heavy atom. The van der Waals surface area contributed by atoms with Gasteiger partial charge < -0.3 is 4.90 Å². The molecule has 2 aromatic carbocycles. The predicted molar refractivity (Wildman–Crippen MR) is 124 cm³/mol. The number of fused-ring (bicyclic) bond motifs is 2. The molecule has 1 aliphatic heterocycles. The van der Waals surface area contributed by atoms with E-state index in [2.05, 4.69) is 23.8 Å². The van der Waals surface area contributed by atoms with Gasteiger partial charge in [-0.05, 0) is 22.9 Å². The highest BCUT2D eigenvalue weighted by atomic mass is 16.1. The summed E-state index contributed by atoms with van der Waals surface area (Å²) in [6.07, 6.45) is 3.05. The number of carbonyl (C=O) groups excluding carboxylic acids is 1. The van der Waals surface area contributed by atoms with Crippen molar-refractivity contribution in [2.24, 2.45) is 5.41 Å². The minimum Gasteiger partial charge on any atom is -0.334 e. The van der Waals surface area contributed by atoms with Crippen LogP contribution < -0.4 is 10.5 Å². The van der Waals surface area contributed by atoms with Crippen molar-refractivity contribution >= 4 is 22.5 Å². The average molecular weight is 425 g/mol. The second-order valence-corrected chi connectivity index (χ2v) is 8.97. The normalized spacial score (nSPS) is 14.9. The maximum absolute atomic E-state index is 13.2. The van der Waals surface area contributed by atoms with E-state index in [1.165, 1.54) is 12.4 Å². The first-order valence-electron chi connectivity index (χ1n) is 10.5. The molecular formula is C25H23N5O2. The van der Waals surface area contributed by atoms with E-state index in [0.717, 1.165) is 10.8 Å². The van der Waals surface area contributed by atoms with Crippen molar-refractivity contribution in [3.63, 3.8) is 0 Å². The van der Waals surface area contributed by atoms with Crippen LogP contribution in [-0.4, -0.2) is 38.4 Å². The summed E-state index contributed by atoms with van der Waals surface area (Å²) in [7, 11) is 0. The summed E-state index contributed by atoms with van der Waals surface area (Å²) in [5.41, 5.74) is 1.36. The van der Waals surface area contributed by atoms with Gasteiger partial charge in [0.1, 0.15) is 6.33 Å². The van der Waals surface area contributed by atoms with Gasteiger partial charge in [-0.3, -0.25) is 14.2 Å². The number of rotatable bonds is 4. The molecule has 0 bridgehead atoms. The summed E-state index contributed by atoms with van der Waals surface area (Å²) >= 11 is 0. The monoisotopic (exact) mass is 425 g/mol. The fourth-order valence-corrected chi connectivity index (χ4v) is 4.28. The van der Waals surface area contributed by atoms with Crippen molar-refractivity contribution in [3.8, 4) is 11.4 Å². The van der Waals surface area contributed by atoms with E-state index in [0.29, 0.717) is 36.0 Å². The van der Waals surface area contributed by atoms with Crippen LogP contribution in [0.2, 0.25) is 0 Å². The van der Waals surface area contributed by atoms with E-state index in [4.69, 9.17) is 4.98 Å². The highest BCUT2D eigenvalue weighted by Crippen LogP contribution is 2.30. The van der Waals surface area contributed by atoms with Crippen molar-refractivity contribution in [2.75, 3.05) is 18.0 Å². The number of ketones is 1. The summed E-state index contributed by atoms with van der Waals surface area (Å²) < 4.78 is 1.65. The van der Waals surface area contributed by atoms with Crippen molar-refractivity contribution in [3.05, 3.63) is 83.0 Å². The van der Waals surface area contributed by atoms with Gasteiger partial charge in [-0.25, -0.2) is 15.0 Å². The van der Waals surface area contributed by atoms with E-state index in [1.54, 1.807) is 16.8 Å². The molecule has 0 spiro atoms. The Morgan fingerprint density at radius 2 is 1.81 bits per heavy atom. The van der Waals surface area contributed by atoms with E-state index in [1.807, 2.05) is 47.4 Å². The van der Waals surface area contributed by atoms with E-state index >= 15 is 0 Å². The minimum atomic E-state index is -0.182. The van der Waals surface area contributed by atoms with Gasteiger partial charge in [0.05, 0.1) is 17.9 Å². The Kier molecular flexibility index (Phi) is 4.81. The van der Waals surface area contributed by atoms with Crippen LogP contribution in [0, 0.1) is 5.41 Å². The smallest absolute Gasteiger partial charge is 0.255 e. The third-order valence-electron chi connectivity index (χ3n) is 5.73. The van der Waals surface area contributed by atoms with Gasteiger partial charge in [0, 0.05) is 36.3 Å². The number of anilines is 1. The van der Waals surface area contributed by atoms with Gasteiger partial charge in [-0.1, -0.05) is 50.2 Å². The highest BCUT2D eigenvalue weighted by molar-refractivity contribution is 6.02. The molecule has 5 rings (SSSR count). The van der Waals surface area contributed by atoms with Crippen LogP contribution in [0.25, 0.3) is 22.2 Å². The first kappa shape index (κ1) is 20.1. The Balaban J connectivity index is 1.53. The van der Waals surface area contributed by atoms with Crippen molar-refractivity contribution in [1.82, 2.24) is 19.5 Å². The number of nitrogens with zero attached hydrogens (tertiary/aromatic N) is 5. The van der Waals surface area contributed by atoms with E-state index in [9.17, 15) is 9.59 Å². The molecule has 7 heteroatoms. The van der Waals surface area contributed by atoms with Crippen molar-refractivity contribution < 1.29 is 4.79 Å². The van der Waals surface area contributed by atoms with E-state index < -0.39 is 0 Å². The van der Waals surface area contributed by atoms with Gasteiger partial charge in [-0.2, -0.15) is 0 Å². The second kappa shape index (κ2) is 7.67. The van der Waals surface area contributed by atoms with Gasteiger partial charge in [0.25, 0.3) is 5.56 Å². The number of hydrogen-bond donors (Lipinski definition) is 0. The summed E-state index contributed by atoms with van der Waals surface area (Å²) in [5, 5.41) is 2.12. The molecular weight excluding hydrogens is 402 g/mol. The van der Waals surface area contributed by atoms with Crippen LogP contribution in [0.4, 0.5) is 5.95 Å². The Labute approximate surface area is 185 Å². The second-order valence-electron chi connectivity index (χ2n) is 8.97. The molecule has 0 saturated carbocycles. The lowest BCUT2D eigenvalue weighted by Gasteiger charge is -2.40. The molecule has 7 nitrogen and oxygen atoms in total. The molecule has 0 atom stereocenters. The van der Waals surface area contributed by atoms with Crippen molar-refractivity contribution in [1.29, 1.82) is 0 Å². The molecule has 0 saturated heterocycles. The molecule has 0 N–H and O–H groups in total. The van der Waals surface area contributed by atoms with Gasteiger partial charge in [-0.15, -0.1) is 0 Å². The molecule has 0 amide bonds. The molecule has 3 heterocycles. The maximum atomic E-state index is 13.2. The van der Waals surface area contributed by atoms with Crippen molar-refractivity contribution in [2.45, 2.75) is 20.4 Å². The lowest BCUT2D eigenvalue weighted by molar-refractivity contribution is 0.0993. The molecule has 0 unspecified atom stereocenters. The molecule has 0 radical (unpaired) electrons. The van der Waals surface area contributed by atoms with Crippen LogP contribution in [0.15, 0.2) is 71.9 Å². The standard InChI is InChI=1S/C25H23N5O2/c1-25(2)14-29(13-22(31)19-8-7-17-5-3-4-6-18(17)11-19)24-28-21(12-23(32)30(24)15-25)20-9-10-26-16-27-20/h3-12,16H,13-15H2,1-2H3. The summed E-state index contributed by atoms with van der Waals surface area (Å²) in [5.74, 6) is 0.487. The number of hydrogen-bond acceptors (Lipinski definition) is 6. The lowest BCUT2D eigenvalue weighted by Crippen LogP contribution is -2.49. The number of Topliss-reactive ketones (excluding diaryl/α,β-unsaturated/α-hetero) is 1. The maximum Gasteiger partial charge on any atom is 0.255 e. The van der Waals surface area contributed by atoms with Crippen LogP contribution >= 0.6 is 0 Å². The van der Waals surface area contributed by atoms with Crippen LogP contribution in [0.3, 0.4) is 0 Å². The summed E-state index contributed by atoms with van der Waals surface area (Å²) in [6, 6.07) is 16.9. The fraction of sp³-hybridized carbons (Fsp3) is 0.240. The fourth-order valence-electron chi connectivity index (χ4n) is 4.28. The van der Waals surface area contributed by atoms with Crippen LogP contribution in [0.5, 0.6) is 0 Å². The van der Waals surface area contributed by atoms with Gasteiger partial charge in [0.2, 0.25) is 5.95 Å². The zero-order valence-corrected chi connectivity index (χ0v) is 18.0. The summed E-state index contributed by atoms with van der Waals surface area (Å²) in [4.78, 5) is 41.0. The lowest BCUT2D eigenvalue weighted by atomic mass is 9.90. The topological polar surface area (TPSA) is 81.0 Å². The highest BCUT2D eigenvalue weighted by Gasteiger charge is 2.33. The first-order valence-corrected chi connectivity index (χ1v) is 10.5. The Bertz CT molecular complexity index is 1380. The zero-order chi connectivity index (χ0) is 22.3. The zero-order valence-electron chi connectivity index (χ0n) is 18.0. The predicted octanol–water partition coefficient (Wildman–Crippen LogP) is 3.58. The third kappa shape index (κ3) is 3.77. The van der Waals surface area contributed by atoms with Crippen LogP contribution in [-0.2, 0) is 6.54 Å². The number of aromatic nitrogens is 4. The van der Waals surface area contributed by atoms with Gasteiger partial charge in [0.15, 0.2) is 5.78 Å². The molecule has 160 valence electrons. The molecule has 2 aromatic heterocycles. The Hall–Kier alpha value is -3.87. The molecule has 32 heavy (non-hydrogen) atoms. The minimum absolute atomic E-state index is 0.0123. The first-order chi connectivity index (χ1) is 15.4. The SMILES string of the molecule is CC1(C)CN(CC(=O)c2ccc3ccccc3c2)c2nc(-c3ccncn3)cc(=O)n2C1. The molecule has 1 aliphatic rings. The average Bonchev–Trinajstić information content (AvgIpc) is 2.79. The van der Waals surface area contributed by atoms with E-state index in [-0.39, 0.29) is 23.3 Å². The molecule has 0 aliphatic carbocycles. The molecule has 4 aromatic rings. The quantitative estimate of drug-likeness (QED) is 0.465. The Morgan fingerprint density at radius 1 is 1.00 bits per heavy atom. The largest absolute Gasteiger partial charge is 0.334 e. The number of benzene rings is 2. The van der Waals surface area contributed by atoms with Crippen LogP contribution in [0.1, 0.15) is 24.2 Å². The molecule has 0 fully saturated rings.